The first-order valence-electron chi connectivity index (χ1n) is 5.68. The van der Waals surface area contributed by atoms with Crippen molar-refractivity contribution in [1.29, 1.82) is 5.41 Å². The van der Waals surface area contributed by atoms with E-state index in [1.165, 1.54) is 0 Å². The Balaban J connectivity index is 2.17. The average Bonchev–Trinajstić information content (AvgIpc) is 2.33. The van der Waals surface area contributed by atoms with Gasteiger partial charge in [-0.25, -0.2) is 9.97 Å². The highest BCUT2D eigenvalue weighted by molar-refractivity contribution is 5.93. The van der Waals surface area contributed by atoms with Crippen LogP contribution in [0, 0.1) is 11.3 Å². The van der Waals surface area contributed by atoms with Crippen molar-refractivity contribution in [3.63, 3.8) is 0 Å². The molecular weight excluding hydrogens is 218 g/mol. The number of nitrogens with zero attached hydrogens (tertiary/aromatic N) is 3. The van der Waals surface area contributed by atoms with Crippen LogP contribution >= 0.6 is 0 Å². The van der Waals surface area contributed by atoms with Gasteiger partial charge < -0.3 is 15.7 Å². The number of nitrogen functional groups attached to an aromatic ring is 1. The van der Waals surface area contributed by atoms with E-state index < -0.39 is 0 Å². The van der Waals surface area contributed by atoms with Crippen LogP contribution in [-0.2, 0) is 0 Å². The largest absolute Gasteiger partial charge is 0.391 e. The number of rotatable bonds is 2. The molecule has 1 saturated heterocycles. The molecule has 0 amide bonds. The predicted molar refractivity (Wildman–Crippen MR) is 65.0 cm³/mol. The van der Waals surface area contributed by atoms with Gasteiger partial charge in [-0.15, -0.1) is 0 Å². The smallest absolute Gasteiger partial charge is 0.226 e. The number of piperidine rings is 1. The van der Waals surface area contributed by atoms with Crippen LogP contribution in [0.3, 0.4) is 0 Å². The zero-order valence-electron chi connectivity index (χ0n) is 9.80. The maximum atomic E-state index is 9.82. The molecular formula is C11H17N5O. The number of aromatic nitrogens is 2. The lowest BCUT2D eigenvalue weighted by Crippen LogP contribution is -2.43. The lowest BCUT2D eigenvalue weighted by atomic mass is 9.96. The Morgan fingerprint density at radius 2 is 2.41 bits per heavy atom. The van der Waals surface area contributed by atoms with Crippen molar-refractivity contribution in [3.05, 3.63) is 18.0 Å². The molecule has 92 valence electrons. The molecule has 1 aromatic rings. The van der Waals surface area contributed by atoms with Crippen LogP contribution in [0.1, 0.15) is 19.0 Å². The van der Waals surface area contributed by atoms with E-state index in [0.717, 1.165) is 13.0 Å². The molecule has 0 bridgehead atoms. The number of anilines is 1. The summed E-state index contributed by atoms with van der Waals surface area (Å²) in [6.07, 6.45) is 2.14. The molecule has 1 aliphatic heterocycles. The summed E-state index contributed by atoms with van der Waals surface area (Å²) in [5, 5.41) is 17.2. The predicted octanol–water partition coefficient (Wildman–Crippen LogP) is -0.0322. The Labute approximate surface area is 100.0 Å². The Morgan fingerprint density at radius 3 is 3.06 bits per heavy atom. The monoisotopic (exact) mass is 235 g/mol. The first-order valence-corrected chi connectivity index (χ1v) is 5.68. The first-order chi connectivity index (χ1) is 8.08. The minimum Gasteiger partial charge on any atom is -0.391 e. The number of nitrogens with two attached hydrogens (primary N) is 1. The fraction of sp³-hybridized carbons (Fsp3) is 0.545. The van der Waals surface area contributed by atoms with E-state index in [-0.39, 0.29) is 11.9 Å². The third kappa shape index (κ3) is 2.52. The van der Waals surface area contributed by atoms with Crippen LogP contribution in [0.5, 0.6) is 0 Å². The summed E-state index contributed by atoms with van der Waals surface area (Å²) in [6.45, 7) is 3.39. The van der Waals surface area contributed by atoms with Gasteiger partial charge in [0, 0.05) is 19.3 Å². The van der Waals surface area contributed by atoms with Gasteiger partial charge in [0.15, 0.2) is 0 Å². The van der Waals surface area contributed by atoms with Crippen molar-refractivity contribution >= 4 is 11.8 Å². The zero-order chi connectivity index (χ0) is 12.4. The molecule has 4 N–H and O–H groups in total. The van der Waals surface area contributed by atoms with Crippen molar-refractivity contribution < 1.29 is 5.11 Å². The molecule has 0 spiro atoms. The van der Waals surface area contributed by atoms with E-state index in [4.69, 9.17) is 11.1 Å². The topological polar surface area (TPSA) is 99.1 Å². The number of nitrogens with one attached hydrogen (secondary N) is 1. The minimum absolute atomic E-state index is 0.0698. The van der Waals surface area contributed by atoms with Crippen LogP contribution in [0.15, 0.2) is 12.3 Å². The van der Waals surface area contributed by atoms with Gasteiger partial charge in [0.1, 0.15) is 11.5 Å². The molecule has 0 saturated carbocycles. The molecule has 2 heterocycles. The molecule has 0 aliphatic carbocycles. The number of hydrogen-bond acceptors (Lipinski definition) is 5. The average molecular weight is 235 g/mol. The van der Waals surface area contributed by atoms with E-state index in [2.05, 4.69) is 9.97 Å². The lowest BCUT2D eigenvalue weighted by molar-refractivity contribution is 0.102. The van der Waals surface area contributed by atoms with E-state index in [1.807, 2.05) is 11.8 Å². The number of amidine groups is 1. The molecule has 2 rings (SSSR count). The summed E-state index contributed by atoms with van der Waals surface area (Å²) in [6, 6.07) is 1.61. The van der Waals surface area contributed by atoms with Gasteiger partial charge in [-0.3, -0.25) is 5.41 Å². The van der Waals surface area contributed by atoms with Gasteiger partial charge in [-0.05, 0) is 18.4 Å². The van der Waals surface area contributed by atoms with E-state index in [0.29, 0.717) is 24.1 Å². The summed E-state index contributed by atoms with van der Waals surface area (Å²) in [7, 11) is 0. The minimum atomic E-state index is -0.353. The van der Waals surface area contributed by atoms with Crippen LogP contribution in [-0.4, -0.2) is 40.1 Å². The standard InChI is InChI=1S/C11H17N5O/c1-7-3-5-16(6-9(7)17)11-14-4-2-8(15-11)10(12)13/h2,4,7,9,17H,3,5-6H2,1H3,(H3,12,13). The van der Waals surface area contributed by atoms with Crippen molar-refractivity contribution in [3.8, 4) is 0 Å². The lowest BCUT2D eigenvalue weighted by Gasteiger charge is -2.34. The van der Waals surface area contributed by atoms with Crippen molar-refractivity contribution in [2.75, 3.05) is 18.0 Å². The first kappa shape index (κ1) is 11.8. The molecule has 17 heavy (non-hydrogen) atoms. The quantitative estimate of drug-likeness (QED) is 0.494. The highest BCUT2D eigenvalue weighted by Gasteiger charge is 2.25. The van der Waals surface area contributed by atoms with Crippen LogP contribution < -0.4 is 10.6 Å². The fourth-order valence-corrected chi connectivity index (χ4v) is 1.88. The Hall–Kier alpha value is -1.69. The SMILES string of the molecule is CC1CCN(c2nccc(C(=N)N)n2)CC1O. The normalized spacial score (nSPS) is 24.7. The summed E-state index contributed by atoms with van der Waals surface area (Å²) in [5.41, 5.74) is 5.81. The van der Waals surface area contributed by atoms with Gasteiger partial charge in [0.25, 0.3) is 0 Å². The molecule has 2 unspecified atom stereocenters. The van der Waals surface area contributed by atoms with Gasteiger partial charge in [-0.1, -0.05) is 6.92 Å². The third-order valence-electron chi connectivity index (χ3n) is 3.12. The second kappa shape index (κ2) is 4.67. The molecule has 0 aromatic carbocycles. The maximum absolute atomic E-state index is 9.82. The summed E-state index contributed by atoms with van der Waals surface area (Å²) in [5.74, 6) is 0.769. The van der Waals surface area contributed by atoms with Crippen molar-refractivity contribution in [1.82, 2.24) is 9.97 Å². The Kier molecular flexibility index (Phi) is 3.23. The summed E-state index contributed by atoms with van der Waals surface area (Å²) < 4.78 is 0. The van der Waals surface area contributed by atoms with Crippen molar-refractivity contribution in [2.45, 2.75) is 19.4 Å². The Morgan fingerprint density at radius 1 is 1.65 bits per heavy atom. The second-order valence-corrected chi connectivity index (χ2v) is 4.43. The zero-order valence-corrected chi connectivity index (χ0v) is 9.80. The van der Waals surface area contributed by atoms with E-state index >= 15 is 0 Å². The number of hydrogen-bond donors (Lipinski definition) is 3. The van der Waals surface area contributed by atoms with Gasteiger partial charge in [-0.2, -0.15) is 0 Å². The Bertz CT molecular complexity index is 422. The molecule has 0 radical (unpaired) electrons. The highest BCUT2D eigenvalue weighted by Crippen LogP contribution is 2.20. The molecule has 6 nitrogen and oxygen atoms in total. The summed E-state index contributed by atoms with van der Waals surface area (Å²) >= 11 is 0. The van der Waals surface area contributed by atoms with Crippen LogP contribution in [0.2, 0.25) is 0 Å². The molecule has 6 heteroatoms. The maximum Gasteiger partial charge on any atom is 0.226 e. The van der Waals surface area contributed by atoms with Crippen LogP contribution in [0.4, 0.5) is 5.95 Å². The fourth-order valence-electron chi connectivity index (χ4n) is 1.88. The molecule has 1 aromatic heterocycles. The summed E-state index contributed by atoms with van der Waals surface area (Å²) in [4.78, 5) is 10.3. The highest BCUT2D eigenvalue weighted by atomic mass is 16.3. The van der Waals surface area contributed by atoms with Crippen LogP contribution in [0.25, 0.3) is 0 Å². The van der Waals surface area contributed by atoms with Crippen molar-refractivity contribution in [2.24, 2.45) is 11.7 Å². The van der Waals surface area contributed by atoms with Gasteiger partial charge in [0.2, 0.25) is 5.95 Å². The third-order valence-corrected chi connectivity index (χ3v) is 3.12. The molecule has 1 aliphatic rings. The second-order valence-electron chi connectivity index (χ2n) is 4.43. The molecule has 1 fully saturated rings. The van der Waals surface area contributed by atoms with Gasteiger partial charge in [0.05, 0.1) is 6.10 Å². The molecule has 2 atom stereocenters. The number of aliphatic hydroxyl groups excluding tert-OH is 1. The number of aliphatic hydroxyl groups is 1. The van der Waals surface area contributed by atoms with E-state index in [1.54, 1.807) is 12.3 Å². The van der Waals surface area contributed by atoms with Gasteiger partial charge >= 0.3 is 0 Å². The number of β-amino-alcohol motifs (C(OH)–C–C–N with tert-alkyl or cyclic N) is 1. The van der Waals surface area contributed by atoms with E-state index in [9.17, 15) is 5.11 Å².